The van der Waals surface area contributed by atoms with Gasteiger partial charge in [-0.2, -0.15) is 0 Å². The summed E-state index contributed by atoms with van der Waals surface area (Å²) < 4.78 is 1.06. The normalized spacial score (nSPS) is 11.2. The maximum atomic E-state index is 10.3. The largest absolute Gasteiger partial charge is 0.507 e. The molecule has 0 unspecified atom stereocenters. The minimum absolute atomic E-state index is 0.366. The highest BCUT2D eigenvalue weighted by Gasteiger charge is 2.14. The molecule has 0 bridgehead atoms. The van der Waals surface area contributed by atoms with Gasteiger partial charge in [-0.3, -0.25) is 0 Å². The number of hydrogen-bond donors (Lipinski definition) is 2. The summed E-state index contributed by atoms with van der Waals surface area (Å²) in [6, 6.07) is 7.85. The molecule has 0 aliphatic heterocycles. The fraction of sp³-hybridized carbons (Fsp3) is 0.214. The van der Waals surface area contributed by atoms with Crippen LogP contribution in [0.2, 0.25) is 0 Å². The van der Waals surface area contributed by atoms with Gasteiger partial charge in [0.2, 0.25) is 0 Å². The fourth-order valence-corrected chi connectivity index (χ4v) is 3.24. The molecule has 0 amide bonds. The zero-order valence-corrected chi connectivity index (χ0v) is 11.1. The van der Waals surface area contributed by atoms with E-state index in [9.17, 15) is 5.11 Å². The number of benzene rings is 2. The molecule has 4 heteroatoms. The molecule has 3 nitrogen and oxygen atoms in total. The Morgan fingerprint density at radius 1 is 1.28 bits per heavy atom. The molecule has 0 aliphatic carbocycles. The summed E-state index contributed by atoms with van der Waals surface area (Å²) in [7, 11) is 0. The third-order valence-corrected chi connectivity index (χ3v) is 4.22. The molecule has 2 N–H and O–H groups in total. The monoisotopic (exact) mass is 258 g/mol. The van der Waals surface area contributed by atoms with Crippen molar-refractivity contribution in [1.82, 2.24) is 4.98 Å². The van der Waals surface area contributed by atoms with Crippen LogP contribution in [0.15, 0.2) is 24.3 Å². The molecule has 0 atom stereocenters. The molecule has 18 heavy (non-hydrogen) atoms. The molecule has 0 fully saturated rings. The highest BCUT2D eigenvalue weighted by atomic mass is 32.1. The van der Waals surface area contributed by atoms with Gasteiger partial charge in [0.25, 0.3) is 0 Å². The zero-order chi connectivity index (χ0) is 12.7. The van der Waals surface area contributed by atoms with Crippen LogP contribution in [0.3, 0.4) is 0 Å². The van der Waals surface area contributed by atoms with Gasteiger partial charge in [0.05, 0.1) is 10.2 Å². The number of anilines is 1. The van der Waals surface area contributed by atoms with Crippen LogP contribution >= 0.6 is 11.3 Å². The summed E-state index contributed by atoms with van der Waals surface area (Å²) in [5.74, 6) is 0.366. The highest BCUT2D eigenvalue weighted by molar-refractivity contribution is 7.22. The third-order valence-electron chi connectivity index (χ3n) is 3.09. The topological polar surface area (TPSA) is 45.2 Å². The van der Waals surface area contributed by atoms with Crippen molar-refractivity contribution in [3.05, 3.63) is 29.8 Å². The molecule has 1 heterocycles. The first-order valence-electron chi connectivity index (χ1n) is 5.97. The lowest BCUT2D eigenvalue weighted by Crippen LogP contribution is -1.94. The molecule has 3 rings (SSSR count). The molecule has 0 aliphatic rings. The number of nitrogens with one attached hydrogen (secondary N) is 1. The van der Waals surface area contributed by atoms with Crippen LogP contribution in [0.4, 0.5) is 5.13 Å². The molecule has 0 saturated carbocycles. The van der Waals surface area contributed by atoms with Crippen LogP contribution in [0, 0.1) is 6.92 Å². The van der Waals surface area contributed by atoms with E-state index in [4.69, 9.17) is 0 Å². The van der Waals surface area contributed by atoms with E-state index in [1.165, 1.54) is 0 Å². The summed E-state index contributed by atoms with van der Waals surface area (Å²) in [5.41, 5.74) is 1.88. The number of hydrogen-bond acceptors (Lipinski definition) is 4. The van der Waals surface area contributed by atoms with Gasteiger partial charge >= 0.3 is 0 Å². The number of phenolic OH excluding ortho intramolecular Hbond substituents is 1. The Kier molecular flexibility index (Phi) is 2.59. The number of aromatic nitrogens is 1. The van der Waals surface area contributed by atoms with E-state index in [1.807, 2.05) is 31.2 Å². The van der Waals surface area contributed by atoms with E-state index in [0.29, 0.717) is 5.75 Å². The Balaban J connectivity index is 2.45. The number of aromatic hydroxyl groups is 1. The van der Waals surface area contributed by atoms with Gasteiger partial charge in [-0.05, 0) is 13.8 Å². The van der Waals surface area contributed by atoms with E-state index in [-0.39, 0.29) is 0 Å². The maximum Gasteiger partial charge on any atom is 0.183 e. The Morgan fingerprint density at radius 3 is 2.72 bits per heavy atom. The molecule has 0 saturated heterocycles. The van der Waals surface area contributed by atoms with Crippen molar-refractivity contribution in [3.63, 3.8) is 0 Å². The van der Waals surface area contributed by atoms with E-state index in [1.54, 1.807) is 11.3 Å². The van der Waals surface area contributed by atoms with Crippen LogP contribution in [-0.4, -0.2) is 16.6 Å². The first kappa shape index (κ1) is 11.3. The first-order valence-corrected chi connectivity index (χ1v) is 6.78. The molecule has 92 valence electrons. The minimum Gasteiger partial charge on any atom is -0.507 e. The van der Waals surface area contributed by atoms with Gasteiger partial charge in [-0.1, -0.05) is 35.6 Å². The lowest BCUT2D eigenvalue weighted by Gasteiger charge is -2.05. The summed E-state index contributed by atoms with van der Waals surface area (Å²) >= 11 is 1.60. The second kappa shape index (κ2) is 4.14. The second-order valence-corrected chi connectivity index (χ2v) is 5.25. The standard InChI is InChI=1S/C14H14N2OS/c1-3-15-14-16-11-9-6-4-5-7-10(9)12(17)8(2)13(11)18-14/h4-7,17H,3H2,1-2H3,(H,15,16). The molecule has 0 spiro atoms. The van der Waals surface area contributed by atoms with Gasteiger partial charge in [-0.15, -0.1) is 0 Å². The minimum atomic E-state index is 0.366. The van der Waals surface area contributed by atoms with E-state index >= 15 is 0 Å². The molecular weight excluding hydrogens is 244 g/mol. The summed E-state index contributed by atoms with van der Waals surface area (Å²) in [5, 5.41) is 16.3. The Bertz CT molecular complexity index is 733. The Hall–Kier alpha value is -1.81. The number of thiazole rings is 1. The van der Waals surface area contributed by atoms with Crippen molar-refractivity contribution < 1.29 is 5.11 Å². The van der Waals surface area contributed by atoms with Gasteiger partial charge < -0.3 is 10.4 Å². The number of fused-ring (bicyclic) bond motifs is 3. The van der Waals surface area contributed by atoms with Gasteiger partial charge in [0, 0.05) is 22.9 Å². The van der Waals surface area contributed by atoms with E-state index in [2.05, 4.69) is 17.2 Å². The molecule has 0 radical (unpaired) electrons. The average molecular weight is 258 g/mol. The lowest BCUT2D eigenvalue weighted by molar-refractivity contribution is 0.478. The second-order valence-electron chi connectivity index (χ2n) is 4.25. The smallest absolute Gasteiger partial charge is 0.183 e. The number of aryl methyl sites for hydroxylation is 1. The molecular formula is C14H14N2OS. The van der Waals surface area contributed by atoms with Crippen LogP contribution in [0.25, 0.3) is 21.0 Å². The Morgan fingerprint density at radius 2 is 2.00 bits per heavy atom. The van der Waals surface area contributed by atoms with Crippen LogP contribution < -0.4 is 5.32 Å². The number of rotatable bonds is 2. The van der Waals surface area contributed by atoms with Crippen molar-refractivity contribution in [3.8, 4) is 5.75 Å². The average Bonchev–Trinajstić information content (AvgIpc) is 2.81. The van der Waals surface area contributed by atoms with Crippen molar-refractivity contribution in [1.29, 1.82) is 0 Å². The third kappa shape index (κ3) is 1.53. The van der Waals surface area contributed by atoms with Crippen molar-refractivity contribution in [2.45, 2.75) is 13.8 Å². The first-order chi connectivity index (χ1) is 8.72. The molecule has 2 aromatic carbocycles. The van der Waals surface area contributed by atoms with E-state index in [0.717, 1.165) is 38.2 Å². The van der Waals surface area contributed by atoms with Crippen molar-refractivity contribution in [2.24, 2.45) is 0 Å². The highest BCUT2D eigenvalue weighted by Crippen LogP contribution is 2.40. The quantitative estimate of drug-likeness (QED) is 0.733. The molecule has 1 aromatic heterocycles. The predicted molar refractivity (Wildman–Crippen MR) is 77.7 cm³/mol. The van der Waals surface area contributed by atoms with Crippen molar-refractivity contribution in [2.75, 3.05) is 11.9 Å². The number of nitrogens with zero attached hydrogens (tertiary/aromatic N) is 1. The van der Waals surface area contributed by atoms with Crippen molar-refractivity contribution >= 4 is 37.5 Å². The number of phenols is 1. The fourth-order valence-electron chi connectivity index (χ4n) is 2.19. The van der Waals surface area contributed by atoms with E-state index < -0.39 is 0 Å². The summed E-state index contributed by atoms with van der Waals surface area (Å²) in [4.78, 5) is 4.63. The van der Waals surface area contributed by atoms with Crippen LogP contribution in [0.1, 0.15) is 12.5 Å². The van der Waals surface area contributed by atoms with Crippen LogP contribution in [0.5, 0.6) is 5.75 Å². The Labute approximate surface area is 109 Å². The van der Waals surface area contributed by atoms with Gasteiger partial charge in [0.1, 0.15) is 5.75 Å². The lowest BCUT2D eigenvalue weighted by atomic mass is 10.0. The van der Waals surface area contributed by atoms with Gasteiger partial charge in [-0.25, -0.2) is 4.98 Å². The van der Waals surface area contributed by atoms with Crippen LogP contribution in [-0.2, 0) is 0 Å². The molecule has 3 aromatic rings. The predicted octanol–water partition coefficient (Wildman–Crippen LogP) is 3.90. The summed E-state index contributed by atoms with van der Waals surface area (Å²) in [6.07, 6.45) is 0. The zero-order valence-electron chi connectivity index (χ0n) is 10.3. The summed E-state index contributed by atoms with van der Waals surface area (Å²) in [6.45, 7) is 4.84. The van der Waals surface area contributed by atoms with Gasteiger partial charge in [0.15, 0.2) is 5.13 Å². The SMILES string of the molecule is CCNc1nc2c(s1)c(C)c(O)c1ccccc12. The maximum absolute atomic E-state index is 10.3.